The molecule has 3 rings (SSSR count). The summed E-state index contributed by atoms with van der Waals surface area (Å²) in [5.74, 6) is 2.42. The van der Waals surface area contributed by atoms with Gasteiger partial charge in [-0.25, -0.2) is 0 Å². The highest BCUT2D eigenvalue weighted by atomic mass is 16.5. The van der Waals surface area contributed by atoms with Crippen molar-refractivity contribution in [1.29, 1.82) is 0 Å². The van der Waals surface area contributed by atoms with Crippen LogP contribution in [0, 0.1) is 0 Å². The number of methoxy groups -OCH3 is 4. The van der Waals surface area contributed by atoms with E-state index in [1.54, 1.807) is 28.4 Å². The summed E-state index contributed by atoms with van der Waals surface area (Å²) in [6, 6.07) is 11.2. The average Bonchev–Trinajstić information content (AvgIpc) is 2.75. The topological polar surface area (TPSA) is 66.0 Å². The van der Waals surface area contributed by atoms with Crippen molar-refractivity contribution >= 4 is 17.9 Å². The first-order valence-corrected chi connectivity index (χ1v) is 9.21. The highest BCUT2D eigenvalue weighted by Gasteiger charge is 2.22. The maximum Gasteiger partial charge on any atom is 0.187 e. The van der Waals surface area contributed by atoms with Crippen LogP contribution in [0.1, 0.15) is 11.1 Å². The van der Waals surface area contributed by atoms with Gasteiger partial charge in [-0.3, -0.25) is 4.79 Å². The number of para-hydroxylation sites is 2. The van der Waals surface area contributed by atoms with Crippen molar-refractivity contribution in [3.63, 3.8) is 0 Å². The van der Waals surface area contributed by atoms with Crippen molar-refractivity contribution in [3.05, 3.63) is 58.7 Å². The van der Waals surface area contributed by atoms with E-state index < -0.39 is 0 Å². The fourth-order valence-corrected chi connectivity index (χ4v) is 3.36. The zero-order valence-corrected chi connectivity index (χ0v) is 17.1. The van der Waals surface area contributed by atoms with Crippen molar-refractivity contribution < 1.29 is 23.7 Å². The predicted molar refractivity (Wildman–Crippen MR) is 113 cm³/mol. The standard InChI is InChI=1S/C23H25NO5/c1-26-19-9-5-7-15(22(19)28-3)11-17-13-24-14-18(21(17)25)12-16-8-6-10-20(27-2)23(16)29-4/h5-12,24H,13-14H2,1-4H3/b17-11+,18-12+. The second-order valence-corrected chi connectivity index (χ2v) is 6.44. The molecule has 2 aromatic carbocycles. The van der Waals surface area contributed by atoms with E-state index in [1.165, 1.54) is 0 Å². The lowest BCUT2D eigenvalue weighted by molar-refractivity contribution is -0.112. The number of benzene rings is 2. The van der Waals surface area contributed by atoms with Crippen LogP contribution in [-0.2, 0) is 4.79 Å². The molecule has 0 unspecified atom stereocenters. The zero-order valence-electron chi connectivity index (χ0n) is 17.1. The second-order valence-electron chi connectivity index (χ2n) is 6.44. The van der Waals surface area contributed by atoms with E-state index in [0.717, 1.165) is 11.1 Å². The SMILES string of the molecule is COc1cccc(/C=C2\CNC/C(=C\c3cccc(OC)c3OC)C2=O)c1OC. The lowest BCUT2D eigenvalue weighted by atomic mass is 9.95. The van der Waals surface area contributed by atoms with Gasteiger partial charge in [0.05, 0.1) is 28.4 Å². The molecule has 6 heteroatoms. The smallest absolute Gasteiger partial charge is 0.187 e. The minimum absolute atomic E-state index is 0.0153. The minimum atomic E-state index is -0.0153. The number of carbonyl (C=O) groups is 1. The van der Waals surface area contributed by atoms with E-state index >= 15 is 0 Å². The Bertz CT molecular complexity index is 886. The fraction of sp³-hybridized carbons (Fsp3) is 0.261. The molecule has 0 amide bonds. The fourth-order valence-electron chi connectivity index (χ4n) is 3.36. The summed E-state index contributed by atoms with van der Waals surface area (Å²) >= 11 is 0. The van der Waals surface area contributed by atoms with E-state index in [1.807, 2.05) is 48.6 Å². The number of nitrogens with one attached hydrogen (secondary N) is 1. The molecule has 1 aliphatic rings. The van der Waals surface area contributed by atoms with E-state index in [9.17, 15) is 4.79 Å². The number of piperidine rings is 1. The number of ketones is 1. The lowest BCUT2D eigenvalue weighted by Crippen LogP contribution is -2.32. The summed E-state index contributed by atoms with van der Waals surface area (Å²) in [7, 11) is 6.34. The van der Waals surface area contributed by atoms with E-state index in [-0.39, 0.29) is 5.78 Å². The molecule has 29 heavy (non-hydrogen) atoms. The second kappa shape index (κ2) is 9.30. The maximum atomic E-state index is 13.1. The maximum absolute atomic E-state index is 13.1. The molecule has 2 aromatic rings. The number of rotatable bonds is 6. The first-order chi connectivity index (χ1) is 14.1. The summed E-state index contributed by atoms with van der Waals surface area (Å²) in [6.07, 6.45) is 3.68. The first kappa shape index (κ1) is 20.5. The van der Waals surface area contributed by atoms with Gasteiger partial charge >= 0.3 is 0 Å². The Labute approximate surface area is 170 Å². The molecule has 0 aromatic heterocycles. The highest BCUT2D eigenvalue weighted by molar-refractivity contribution is 6.15. The number of carbonyl (C=O) groups excluding carboxylic acids is 1. The van der Waals surface area contributed by atoms with E-state index in [0.29, 0.717) is 47.2 Å². The van der Waals surface area contributed by atoms with Gasteiger partial charge in [0.1, 0.15) is 0 Å². The summed E-state index contributed by atoms with van der Waals surface area (Å²) in [4.78, 5) is 13.1. The molecule has 0 bridgehead atoms. The summed E-state index contributed by atoms with van der Waals surface area (Å²) in [5.41, 5.74) is 2.88. The van der Waals surface area contributed by atoms with Crippen LogP contribution in [0.3, 0.4) is 0 Å². The van der Waals surface area contributed by atoms with Crippen molar-refractivity contribution in [2.45, 2.75) is 0 Å². The Morgan fingerprint density at radius 1 is 0.724 bits per heavy atom. The largest absolute Gasteiger partial charge is 0.493 e. The van der Waals surface area contributed by atoms with Crippen LogP contribution in [0.25, 0.3) is 12.2 Å². The number of hydrogen-bond acceptors (Lipinski definition) is 6. The van der Waals surface area contributed by atoms with Gasteiger partial charge in [0, 0.05) is 35.4 Å². The zero-order chi connectivity index (χ0) is 20.8. The molecule has 0 radical (unpaired) electrons. The molecule has 1 heterocycles. The van der Waals surface area contributed by atoms with Gasteiger partial charge in [-0.15, -0.1) is 0 Å². The Kier molecular flexibility index (Phi) is 6.57. The number of hydrogen-bond donors (Lipinski definition) is 1. The van der Waals surface area contributed by atoms with Crippen LogP contribution in [0.15, 0.2) is 47.5 Å². The Morgan fingerprint density at radius 2 is 1.17 bits per heavy atom. The van der Waals surface area contributed by atoms with Crippen LogP contribution < -0.4 is 24.3 Å². The molecule has 1 N–H and O–H groups in total. The van der Waals surface area contributed by atoms with Crippen LogP contribution in [0.5, 0.6) is 23.0 Å². The summed E-state index contributed by atoms with van der Waals surface area (Å²) < 4.78 is 21.6. The van der Waals surface area contributed by atoms with Gasteiger partial charge in [0.25, 0.3) is 0 Å². The molecule has 0 saturated carbocycles. The molecule has 6 nitrogen and oxygen atoms in total. The number of ether oxygens (including phenoxy) is 4. The van der Waals surface area contributed by atoms with Gasteiger partial charge < -0.3 is 24.3 Å². The van der Waals surface area contributed by atoms with E-state index in [4.69, 9.17) is 18.9 Å². The average molecular weight is 395 g/mol. The molecule has 1 fully saturated rings. The van der Waals surface area contributed by atoms with Crippen molar-refractivity contribution in [1.82, 2.24) is 5.32 Å². The third-order valence-electron chi connectivity index (χ3n) is 4.74. The van der Waals surface area contributed by atoms with Gasteiger partial charge in [-0.1, -0.05) is 24.3 Å². The van der Waals surface area contributed by atoms with Gasteiger partial charge in [0.15, 0.2) is 28.8 Å². The monoisotopic (exact) mass is 395 g/mol. The third kappa shape index (κ3) is 4.27. The summed E-state index contributed by atoms with van der Waals surface area (Å²) in [6.45, 7) is 0.956. The first-order valence-electron chi connectivity index (χ1n) is 9.21. The van der Waals surface area contributed by atoms with Gasteiger partial charge in [0.2, 0.25) is 0 Å². The van der Waals surface area contributed by atoms with Crippen LogP contribution in [-0.4, -0.2) is 47.3 Å². The predicted octanol–water partition coefficient (Wildman–Crippen LogP) is 3.36. The van der Waals surface area contributed by atoms with Crippen LogP contribution >= 0.6 is 0 Å². The molecule has 0 atom stereocenters. The van der Waals surface area contributed by atoms with Crippen molar-refractivity contribution in [3.8, 4) is 23.0 Å². The molecular formula is C23H25NO5. The van der Waals surface area contributed by atoms with Gasteiger partial charge in [-0.05, 0) is 24.3 Å². The van der Waals surface area contributed by atoms with Crippen molar-refractivity contribution in [2.75, 3.05) is 41.5 Å². The Morgan fingerprint density at radius 3 is 1.55 bits per heavy atom. The molecule has 1 saturated heterocycles. The van der Waals surface area contributed by atoms with Gasteiger partial charge in [-0.2, -0.15) is 0 Å². The molecule has 0 spiro atoms. The Hall–Kier alpha value is -3.25. The van der Waals surface area contributed by atoms with Crippen molar-refractivity contribution in [2.24, 2.45) is 0 Å². The molecule has 0 aliphatic carbocycles. The summed E-state index contributed by atoms with van der Waals surface area (Å²) in [5, 5.41) is 3.29. The number of Topliss-reactive ketones (excluding diaryl/α,β-unsaturated/α-hetero) is 1. The third-order valence-corrected chi connectivity index (χ3v) is 4.74. The molecular weight excluding hydrogens is 370 g/mol. The highest BCUT2D eigenvalue weighted by Crippen LogP contribution is 2.34. The van der Waals surface area contributed by atoms with Crippen LogP contribution in [0.2, 0.25) is 0 Å². The quantitative estimate of drug-likeness (QED) is 0.757. The minimum Gasteiger partial charge on any atom is -0.493 e. The molecule has 152 valence electrons. The van der Waals surface area contributed by atoms with E-state index in [2.05, 4.69) is 5.32 Å². The Balaban J connectivity index is 1.98. The normalized spacial score (nSPS) is 16.8. The molecule has 1 aliphatic heterocycles. The van der Waals surface area contributed by atoms with Crippen LogP contribution in [0.4, 0.5) is 0 Å². The lowest BCUT2D eigenvalue weighted by Gasteiger charge is -2.19.